The third-order valence-electron chi connectivity index (χ3n) is 6.43. The van der Waals surface area contributed by atoms with Gasteiger partial charge >= 0.3 is 0 Å². The van der Waals surface area contributed by atoms with E-state index >= 15 is 0 Å². The monoisotopic (exact) mass is 483 g/mol. The molecule has 8 heteroatoms. The highest BCUT2D eigenvalue weighted by Gasteiger charge is 2.17. The summed E-state index contributed by atoms with van der Waals surface area (Å²) in [4.78, 5) is 29.9. The first kappa shape index (κ1) is 23.7. The molecule has 1 atom stereocenters. The van der Waals surface area contributed by atoms with Gasteiger partial charge in [0, 0.05) is 59.8 Å². The van der Waals surface area contributed by atoms with Gasteiger partial charge in [-0.3, -0.25) is 19.7 Å². The van der Waals surface area contributed by atoms with Crippen molar-refractivity contribution in [3.8, 4) is 11.1 Å². The molecule has 1 aliphatic heterocycles. The van der Waals surface area contributed by atoms with Crippen molar-refractivity contribution in [2.75, 3.05) is 13.2 Å². The molecule has 0 spiro atoms. The maximum absolute atomic E-state index is 12.8. The number of amides is 2. The van der Waals surface area contributed by atoms with Gasteiger partial charge in [-0.15, -0.1) is 0 Å². The van der Waals surface area contributed by atoms with E-state index in [1.54, 1.807) is 18.5 Å². The second kappa shape index (κ2) is 10.7. The summed E-state index contributed by atoms with van der Waals surface area (Å²) in [6.45, 7) is 3.34. The lowest BCUT2D eigenvalue weighted by Crippen LogP contribution is -2.38. The molecule has 1 saturated heterocycles. The maximum Gasteiger partial charge on any atom is 0.251 e. The van der Waals surface area contributed by atoms with Crippen molar-refractivity contribution in [1.82, 2.24) is 25.8 Å². The molecule has 36 heavy (non-hydrogen) atoms. The molecular formula is C28H29N5O3. The predicted octanol–water partition coefficient (Wildman–Crippen LogP) is 3.89. The summed E-state index contributed by atoms with van der Waals surface area (Å²) >= 11 is 0. The first-order chi connectivity index (χ1) is 17.5. The molecule has 1 aliphatic rings. The van der Waals surface area contributed by atoms with Crippen LogP contribution in [0.4, 0.5) is 0 Å². The standard InChI is InChI=1S/C28H29N5O3/c1-18(31-27(34)22-5-6-26-24(14-22)17-30-33-26)11-19-12-23(16-29-15-19)20-3-2-4-21(13-20)28(35)32-25-7-9-36-10-8-25/h2-6,12-18,25H,7-11H2,1H3,(H,30,33)(H,31,34)(H,32,35). The number of benzene rings is 2. The van der Waals surface area contributed by atoms with Crippen molar-refractivity contribution in [2.24, 2.45) is 0 Å². The Morgan fingerprint density at radius 2 is 1.83 bits per heavy atom. The first-order valence-corrected chi connectivity index (χ1v) is 12.2. The number of ether oxygens (including phenoxy) is 1. The third kappa shape index (κ3) is 5.60. The number of carbonyl (C=O) groups excluding carboxylic acids is 2. The lowest BCUT2D eigenvalue weighted by atomic mass is 10.0. The Hall–Kier alpha value is -4.04. The Morgan fingerprint density at radius 3 is 2.69 bits per heavy atom. The Bertz CT molecular complexity index is 1380. The summed E-state index contributed by atoms with van der Waals surface area (Å²) in [5, 5.41) is 14.0. The van der Waals surface area contributed by atoms with Crippen LogP contribution in [0.15, 0.2) is 67.1 Å². The maximum atomic E-state index is 12.8. The van der Waals surface area contributed by atoms with E-state index < -0.39 is 0 Å². The number of H-pyrrole nitrogens is 1. The van der Waals surface area contributed by atoms with Gasteiger partial charge in [0.1, 0.15) is 0 Å². The van der Waals surface area contributed by atoms with E-state index in [9.17, 15) is 9.59 Å². The first-order valence-electron chi connectivity index (χ1n) is 12.2. The summed E-state index contributed by atoms with van der Waals surface area (Å²) in [5.74, 6) is -0.198. The molecule has 0 bridgehead atoms. The molecule has 1 fully saturated rings. The van der Waals surface area contributed by atoms with Crippen LogP contribution < -0.4 is 10.6 Å². The molecule has 0 radical (unpaired) electrons. The number of aromatic nitrogens is 3. The van der Waals surface area contributed by atoms with Gasteiger partial charge in [-0.05, 0) is 73.7 Å². The van der Waals surface area contributed by atoms with Crippen LogP contribution in [0.25, 0.3) is 22.0 Å². The molecule has 8 nitrogen and oxygen atoms in total. The van der Waals surface area contributed by atoms with E-state index in [2.05, 4.69) is 31.9 Å². The van der Waals surface area contributed by atoms with E-state index in [0.717, 1.165) is 40.4 Å². The molecule has 184 valence electrons. The summed E-state index contributed by atoms with van der Waals surface area (Å²) in [7, 11) is 0. The zero-order valence-electron chi connectivity index (χ0n) is 20.2. The van der Waals surface area contributed by atoms with Crippen LogP contribution in [-0.2, 0) is 11.2 Å². The number of hydrogen-bond acceptors (Lipinski definition) is 5. The van der Waals surface area contributed by atoms with Crippen molar-refractivity contribution < 1.29 is 14.3 Å². The van der Waals surface area contributed by atoms with Crippen LogP contribution in [-0.4, -0.2) is 52.3 Å². The fourth-order valence-electron chi connectivity index (χ4n) is 4.50. The van der Waals surface area contributed by atoms with E-state index in [1.807, 2.05) is 49.5 Å². The van der Waals surface area contributed by atoms with Crippen molar-refractivity contribution >= 4 is 22.7 Å². The molecular weight excluding hydrogens is 454 g/mol. The predicted molar refractivity (Wildman–Crippen MR) is 138 cm³/mol. The highest BCUT2D eigenvalue weighted by atomic mass is 16.5. The van der Waals surface area contributed by atoms with Crippen LogP contribution in [0.1, 0.15) is 46.0 Å². The molecule has 2 amide bonds. The van der Waals surface area contributed by atoms with Crippen LogP contribution in [0, 0.1) is 0 Å². The van der Waals surface area contributed by atoms with Gasteiger partial charge in [-0.25, -0.2) is 0 Å². The molecule has 0 saturated carbocycles. The second-order valence-electron chi connectivity index (χ2n) is 9.27. The Morgan fingerprint density at radius 1 is 1.00 bits per heavy atom. The molecule has 5 rings (SSSR count). The summed E-state index contributed by atoms with van der Waals surface area (Å²) in [6, 6.07) is 15.2. The zero-order chi connectivity index (χ0) is 24.9. The SMILES string of the molecule is CC(Cc1cncc(-c2cccc(C(=O)NC3CCOCC3)c2)c1)NC(=O)c1ccc2[nH]ncc2c1. The summed E-state index contributed by atoms with van der Waals surface area (Å²) < 4.78 is 5.37. The Kier molecular flexibility index (Phi) is 7.04. The molecule has 2 aromatic carbocycles. The van der Waals surface area contributed by atoms with E-state index in [0.29, 0.717) is 30.8 Å². The molecule has 3 heterocycles. The second-order valence-corrected chi connectivity index (χ2v) is 9.27. The summed E-state index contributed by atoms with van der Waals surface area (Å²) in [6.07, 6.45) is 7.61. The summed E-state index contributed by atoms with van der Waals surface area (Å²) in [5.41, 5.74) is 4.97. The minimum absolute atomic E-state index is 0.0715. The van der Waals surface area contributed by atoms with Gasteiger partial charge in [0.2, 0.25) is 0 Å². The average Bonchev–Trinajstić information content (AvgIpc) is 3.37. The number of aromatic amines is 1. The Balaban J connectivity index is 1.23. The van der Waals surface area contributed by atoms with Gasteiger partial charge in [0.25, 0.3) is 11.8 Å². The lowest BCUT2D eigenvalue weighted by Gasteiger charge is -2.23. The highest BCUT2D eigenvalue weighted by molar-refractivity contribution is 5.98. The Labute approximate surface area is 209 Å². The quantitative estimate of drug-likeness (QED) is 0.370. The van der Waals surface area contributed by atoms with Crippen molar-refractivity contribution in [3.05, 3.63) is 83.8 Å². The molecule has 4 aromatic rings. The van der Waals surface area contributed by atoms with Gasteiger partial charge in [-0.2, -0.15) is 5.10 Å². The van der Waals surface area contributed by atoms with Crippen molar-refractivity contribution in [1.29, 1.82) is 0 Å². The topological polar surface area (TPSA) is 109 Å². The van der Waals surface area contributed by atoms with Gasteiger partial charge < -0.3 is 15.4 Å². The third-order valence-corrected chi connectivity index (χ3v) is 6.43. The van der Waals surface area contributed by atoms with Crippen LogP contribution in [0.3, 0.4) is 0 Å². The number of nitrogens with zero attached hydrogens (tertiary/aromatic N) is 2. The van der Waals surface area contributed by atoms with Gasteiger partial charge in [0.15, 0.2) is 0 Å². The van der Waals surface area contributed by atoms with Crippen LogP contribution in [0.2, 0.25) is 0 Å². The van der Waals surface area contributed by atoms with E-state index in [-0.39, 0.29) is 23.9 Å². The van der Waals surface area contributed by atoms with Crippen LogP contribution in [0.5, 0.6) is 0 Å². The number of carbonyl (C=O) groups is 2. The van der Waals surface area contributed by atoms with Crippen LogP contribution >= 0.6 is 0 Å². The number of hydrogen-bond donors (Lipinski definition) is 3. The fourth-order valence-corrected chi connectivity index (χ4v) is 4.50. The minimum Gasteiger partial charge on any atom is -0.381 e. The largest absolute Gasteiger partial charge is 0.381 e. The van der Waals surface area contributed by atoms with Gasteiger partial charge in [-0.1, -0.05) is 12.1 Å². The van der Waals surface area contributed by atoms with E-state index in [4.69, 9.17) is 4.74 Å². The van der Waals surface area contributed by atoms with Gasteiger partial charge in [0.05, 0.1) is 11.7 Å². The fraction of sp³-hybridized carbons (Fsp3) is 0.286. The average molecular weight is 484 g/mol. The molecule has 2 aromatic heterocycles. The zero-order valence-corrected chi connectivity index (χ0v) is 20.2. The smallest absolute Gasteiger partial charge is 0.251 e. The molecule has 0 aliphatic carbocycles. The number of nitrogens with one attached hydrogen (secondary N) is 3. The van der Waals surface area contributed by atoms with Crippen molar-refractivity contribution in [2.45, 2.75) is 38.3 Å². The number of pyridine rings is 1. The minimum atomic E-state index is -0.127. The van der Waals surface area contributed by atoms with Crippen molar-refractivity contribution in [3.63, 3.8) is 0 Å². The highest BCUT2D eigenvalue weighted by Crippen LogP contribution is 2.22. The molecule has 3 N–H and O–H groups in total. The molecule has 1 unspecified atom stereocenters. The normalized spacial score (nSPS) is 14.9. The van der Waals surface area contributed by atoms with E-state index in [1.165, 1.54) is 0 Å². The number of rotatable bonds is 7. The number of fused-ring (bicyclic) bond motifs is 1. The lowest BCUT2D eigenvalue weighted by molar-refractivity contribution is 0.0696.